The maximum absolute atomic E-state index is 11.4. The van der Waals surface area contributed by atoms with Crippen molar-refractivity contribution in [3.63, 3.8) is 0 Å². The Morgan fingerprint density at radius 1 is 1.33 bits per heavy atom. The van der Waals surface area contributed by atoms with Gasteiger partial charge in [-0.3, -0.25) is 4.79 Å². The van der Waals surface area contributed by atoms with E-state index in [-0.39, 0.29) is 11.5 Å². The minimum absolute atomic E-state index is 0.0700. The maximum atomic E-state index is 11.4. The first-order chi connectivity index (χ1) is 8.63. The highest BCUT2D eigenvalue weighted by molar-refractivity contribution is 8.00. The number of benzene rings is 1. The van der Waals surface area contributed by atoms with E-state index in [0.717, 1.165) is 4.90 Å². The molecule has 0 spiro atoms. The zero-order valence-corrected chi connectivity index (χ0v) is 10.8. The lowest BCUT2D eigenvalue weighted by atomic mass is 10.2. The van der Waals surface area contributed by atoms with Crippen molar-refractivity contribution >= 4 is 23.6 Å². The normalized spacial score (nSPS) is 10.1. The Morgan fingerprint density at radius 3 is 2.56 bits per heavy atom. The van der Waals surface area contributed by atoms with E-state index in [1.165, 1.54) is 23.9 Å². The van der Waals surface area contributed by atoms with Crippen molar-refractivity contribution in [2.75, 3.05) is 26.0 Å². The summed E-state index contributed by atoms with van der Waals surface area (Å²) in [5, 5.41) is 11.4. The van der Waals surface area contributed by atoms with E-state index < -0.39 is 5.97 Å². The fourth-order valence-electron chi connectivity index (χ4n) is 1.19. The number of ether oxygens (including phenoxy) is 1. The molecule has 18 heavy (non-hydrogen) atoms. The van der Waals surface area contributed by atoms with Crippen LogP contribution in [0.5, 0.6) is 0 Å². The summed E-state index contributed by atoms with van der Waals surface area (Å²) in [6.07, 6.45) is 0. The second-order valence-corrected chi connectivity index (χ2v) is 4.51. The number of aromatic carboxylic acids is 1. The molecule has 6 heteroatoms. The van der Waals surface area contributed by atoms with Crippen LogP contribution in [-0.2, 0) is 9.53 Å². The standard InChI is InChI=1S/C12H15NO4S/c1-17-7-6-13-11(14)8-18-10-4-2-9(3-5-10)12(15)16/h2-5H,6-8H2,1H3,(H,13,14)(H,15,16). The largest absolute Gasteiger partial charge is 0.478 e. The molecule has 5 nitrogen and oxygen atoms in total. The van der Waals surface area contributed by atoms with Crippen LogP contribution >= 0.6 is 11.8 Å². The van der Waals surface area contributed by atoms with Gasteiger partial charge in [0.2, 0.25) is 5.91 Å². The summed E-state index contributed by atoms with van der Waals surface area (Å²) in [5.41, 5.74) is 0.240. The van der Waals surface area contributed by atoms with Gasteiger partial charge in [0.05, 0.1) is 17.9 Å². The molecular weight excluding hydrogens is 254 g/mol. The molecule has 0 fully saturated rings. The molecule has 0 atom stereocenters. The van der Waals surface area contributed by atoms with E-state index in [1.807, 2.05) is 0 Å². The van der Waals surface area contributed by atoms with Crippen LogP contribution < -0.4 is 5.32 Å². The van der Waals surface area contributed by atoms with Crippen LogP contribution in [0.25, 0.3) is 0 Å². The molecular formula is C12H15NO4S. The third-order valence-electron chi connectivity index (χ3n) is 2.10. The summed E-state index contributed by atoms with van der Waals surface area (Å²) >= 11 is 1.36. The lowest BCUT2D eigenvalue weighted by Gasteiger charge is -2.04. The lowest BCUT2D eigenvalue weighted by Crippen LogP contribution is -2.28. The van der Waals surface area contributed by atoms with Crippen molar-refractivity contribution in [1.29, 1.82) is 0 Å². The van der Waals surface area contributed by atoms with Gasteiger partial charge in [0.25, 0.3) is 0 Å². The van der Waals surface area contributed by atoms with Crippen LogP contribution in [0.2, 0.25) is 0 Å². The molecule has 0 saturated carbocycles. The van der Waals surface area contributed by atoms with Gasteiger partial charge in [-0.1, -0.05) is 0 Å². The number of thioether (sulfide) groups is 1. The maximum Gasteiger partial charge on any atom is 0.335 e. The molecule has 1 aromatic rings. The summed E-state index contributed by atoms with van der Waals surface area (Å²) in [4.78, 5) is 22.9. The smallest absolute Gasteiger partial charge is 0.335 e. The van der Waals surface area contributed by atoms with E-state index in [4.69, 9.17) is 9.84 Å². The molecule has 0 bridgehead atoms. The van der Waals surface area contributed by atoms with Gasteiger partial charge < -0.3 is 15.2 Å². The first-order valence-corrected chi connectivity index (χ1v) is 6.34. The average Bonchev–Trinajstić information content (AvgIpc) is 2.37. The lowest BCUT2D eigenvalue weighted by molar-refractivity contribution is -0.118. The molecule has 1 amide bonds. The first-order valence-electron chi connectivity index (χ1n) is 5.35. The molecule has 2 N–H and O–H groups in total. The molecule has 0 radical (unpaired) electrons. The number of hydrogen-bond acceptors (Lipinski definition) is 4. The summed E-state index contributed by atoms with van der Waals surface area (Å²) < 4.78 is 4.81. The topological polar surface area (TPSA) is 75.6 Å². The predicted octanol–water partition coefficient (Wildman–Crippen LogP) is 1.24. The van der Waals surface area contributed by atoms with Crippen molar-refractivity contribution in [1.82, 2.24) is 5.32 Å². The Bertz CT molecular complexity index is 405. The molecule has 0 aliphatic heterocycles. The number of carboxylic acid groups (broad SMARTS) is 1. The van der Waals surface area contributed by atoms with Gasteiger partial charge in [0, 0.05) is 18.6 Å². The van der Waals surface area contributed by atoms with Gasteiger partial charge in [0.15, 0.2) is 0 Å². The predicted molar refractivity (Wildman–Crippen MR) is 69.0 cm³/mol. The second-order valence-electron chi connectivity index (χ2n) is 3.46. The third kappa shape index (κ3) is 5.20. The van der Waals surface area contributed by atoms with Crippen LogP contribution in [-0.4, -0.2) is 43.0 Å². The molecule has 1 rings (SSSR count). The van der Waals surface area contributed by atoms with Gasteiger partial charge in [-0.15, -0.1) is 11.8 Å². The van der Waals surface area contributed by atoms with Crippen LogP contribution in [0.1, 0.15) is 10.4 Å². The molecule has 0 heterocycles. The number of carbonyl (C=O) groups excluding carboxylic acids is 1. The summed E-state index contributed by atoms with van der Waals surface area (Å²) in [7, 11) is 1.57. The van der Waals surface area contributed by atoms with Gasteiger partial charge in [-0.2, -0.15) is 0 Å². The molecule has 1 aromatic carbocycles. The number of carboxylic acids is 1. The third-order valence-corrected chi connectivity index (χ3v) is 3.11. The minimum Gasteiger partial charge on any atom is -0.478 e. The molecule has 0 aliphatic carbocycles. The van der Waals surface area contributed by atoms with E-state index in [2.05, 4.69) is 5.32 Å². The Hall–Kier alpha value is -1.53. The number of nitrogens with one attached hydrogen (secondary N) is 1. The fourth-order valence-corrected chi connectivity index (χ4v) is 1.91. The zero-order chi connectivity index (χ0) is 13.4. The Balaban J connectivity index is 2.34. The van der Waals surface area contributed by atoms with Crippen LogP contribution in [0.4, 0.5) is 0 Å². The highest BCUT2D eigenvalue weighted by Gasteiger charge is 2.04. The van der Waals surface area contributed by atoms with Crippen LogP contribution in [0, 0.1) is 0 Å². The number of rotatable bonds is 7. The van der Waals surface area contributed by atoms with Crippen LogP contribution in [0.3, 0.4) is 0 Å². The summed E-state index contributed by atoms with van der Waals surface area (Å²) in [6, 6.07) is 6.42. The molecule has 0 aromatic heterocycles. The number of amides is 1. The quantitative estimate of drug-likeness (QED) is 0.575. The summed E-state index contributed by atoms with van der Waals surface area (Å²) in [6.45, 7) is 0.984. The zero-order valence-electron chi connectivity index (χ0n) is 10.0. The van der Waals surface area contributed by atoms with Gasteiger partial charge in [-0.05, 0) is 24.3 Å². The highest BCUT2D eigenvalue weighted by atomic mass is 32.2. The Kier molecular flexibility index (Phi) is 6.24. The Labute approximate surface area is 110 Å². The average molecular weight is 269 g/mol. The molecule has 0 aliphatic rings. The highest BCUT2D eigenvalue weighted by Crippen LogP contribution is 2.18. The van der Waals surface area contributed by atoms with Crippen LogP contribution in [0.15, 0.2) is 29.2 Å². The molecule has 0 unspecified atom stereocenters. The van der Waals surface area contributed by atoms with Crippen molar-refractivity contribution in [3.8, 4) is 0 Å². The monoisotopic (exact) mass is 269 g/mol. The van der Waals surface area contributed by atoms with E-state index >= 15 is 0 Å². The molecule has 98 valence electrons. The fraction of sp³-hybridized carbons (Fsp3) is 0.333. The van der Waals surface area contributed by atoms with Gasteiger partial charge in [0.1, 0.15) is 0 Å². The number of hydrogen-bond donors (Lipinski definition) is 2. The summed E-state index contributed by atoms with van der Waals surface area (Å²) in [5.74, 6) is -0.723. The van der Waals surface area contributed by atoms with Crippen molar-refractivity contribution in [3.05, 3.63) is 29.8 Å². The van der Waals surface area contributed by atoms with E-state index in [9.17, 15) is 9.59 Å². The number of methoxy groups -OCH3 is 1. The van der Waals surface area contributed by atoms with Gasteiger partial charge in [-0.25, -0.2) is 4.79 Å². The van der Waals surface area contributed by atoms with Gasteiger partial charge >= 0.3 is 5.97 Å². The Morgan fingerprint density at radius 2 is 2.00 bits per heavy atom. The SMILES string of the molecule is COCCNC(=O)CSc1ccc(C(=O)O)cc1. The van der Waals surface area contributed by atoms with E-state index in [0.29, 0.717) is 18.9 Å². The minimum atomic E-state index is -0.955. The molecule has 0 saturated heterocycles. The van der Waals surface area contributed by atoms with Crippen molar-refractivity contribution < 1.29 is 19.4 Å². The van der Waals surface area contributed by atoms with Crippen molar-refractivity contribution in [2.24, 2.45) is 0 Å². The van der Waals surface area contributed by atoms with Crippen molar-refractivity contribution in [2.45, 2.75) is 4.90 Å². The first kappa shape index (κ1) is 14.5. The number of carbonyl (C=O) groups is 2. The van der Waals surface area contributed by atoms with E-state index in [1.54, 1.807) is 19.2 Å². The second kappa shape index (κ2) is 7.73.